The Bertz CT molecular complexity index is 1520. The largest absolute Gasteiger partial charge is 0.466 e. The van der Waals surface area contributed by atoms with Gasteiger partial charge in [-0.05, 0) is 39.3 Å². The van der Waals surface area contributed by atoms with E-state index in [1.165, 1.54) is 17.4 Å². The van der Waals surface area contributed by atoms with Crippen LogP contribution >= 0.6 is 11.3 Å². The summed E-state index contributed by atoms with van der Waals surface area (Å²) < 4.78 is 35.4. The maximum Gasteiger partial charge on any atom is 0.336 e. The van der Waals surface area contributed by atoms with Crippen LogP contribution in [0.2, 0.25) is 0 Å². The molecule has 2 heterocycles. The van der Waals surface area contributed by atoms with Crippen LogP contribution < -0.4 is 10.5 Å². The van der Waals surface area contributed by atoms with E-state index in [9.17, 15) is 18.0 Å². The van der Waals surface area contributed by atoms with Crippen molar-refractivity contribution in [3.63, 3.8) is 0 Å². The molecule has 0 spiro atoms. The number of esters is 2. The topological polar surface area (TPSA) is 138 Å². The number of hydrogen-bond acceptors (Lipinski definition) is 9. The van der Waals surface area contributed by atoms with Crippen molar-refractivity contribution in [1.29, 1.82) is 0 Å². The summed E-state index contributed by atoms with van der Waals surface area (Å²) in [6.45, 7) is 7.39. The zero-order valence-corrected chi connectivity index (χ0v) is 23.8. The molecule has 0 fully saturated rings. The molecule has 206 valence electrons. The van der Waals surface area contributed by atoms with Crippen LogP contribution in [0.5, 0.6) is 0 Å². The number of hydrogen-bond donors (Lipinski definition) is 2. The molecule has 0 saturated heterocycles. The van der Waals surface area contributed by atoms with Gasteiger partial charge in [0.1, 0.15) is 10.5 Å². The van der Waals surface area contributed by atoms with E-state index < -0.39 is 39.3 Å². The summed E-state index contributed by atoms with van der Waals surface area (Å²) in [5, 5.41) is 11.1. The standard InChI is InChI=1S/C28H31N3O6S2/c1-5-36-25(32)22-17(3)31-28(4,24(26(33)37-6-2)23(22)18-12-8-7-9-13-18)27-30-20(16-38-27)19-14-10-11-15-21(19)39(29,34)35/h7-16,23-24,31H,5-6H2,1-4H3,(H2,29,34,35). The normalized spacial score (nSPS) is 21.3. The summed E-state index contributed by atoms with van der Waals surface area (Å²) in [6, 6.07) is 15.6. The lowest BCUT2D eigenvalue weighted by Gasteiger charge is -2.45. The summed E-state index contributed by atoms with van der Waals surface area (Å²) in [6.07, 6.45) is 0. The van der Waals surface area contributed by atoms with Gasteiger partial charge in [0.25, 0.3) is 0 Å². The summed E-state index contributed by atoms with van der Waals surface area (Å²) in [5.74, 6) is -2.62. The molecule has 0 saturated carbocycles. The van der Waals surface area contributed by atoms with Gasteiger partial charge < -0.3 is 14.8 Å². The van der Waals surface area contributed by atoms with Crippen LogP contribution in [0.3, 0.4) is 0 Å². The molecule has 11 heteroatoms. The highest BCUT2D eigenvalue weighted by Crippen LogP contribution is 2.49. The van der Waals surface area contributed by atoms with Crippen LogP contribution in [0, 0.1) is 5.92 Å². The number of nitrogens with one attached hydrogen (secondary N) is 1. The number of ether oxygens (including phenoxy) is 2. The Morgan fingerprint density at radius 3 is 2.33 bits per heavy atom. The fourth-order valence-corrected chi connectivity index (χ4v) is 6.85. The van der Waals surface area contributed by atoms with Gasteiger partial charge in [0.2, 0.25) is 10.0 Å². The number of carbonyl (C=O) groups is 2. The van der Waals surface area contributed by atoms with E-state index in [1.807, 2.05) is 37.3 Å². The smallest absolute Gasteiger partial charge is 0.336 e. The van der Waals surface area contributed by atoms with Crippen molar-refractivity contribution in [2.24, 2.45) is 11.1 Å². The summed E-state index contributed by atoms with van der Waals surface area (Å²) in [7, 11) is -4.00. The SMILES string of the molecule is CCOC(=O)C1=C(C)NC(C)(c2nc(-c3ccccc3S(N)(=O)=O)cs2)C(C(=O)OCC)C1c1ccccc1. The molecule has 1 aliphatic heterocycles. The van der Waals surface area contributed by atoms with Gasteiger partial charge in [-0.3, -0.25) is 4.79 Å². The first-order valence-corrected chi connectivity index (χ1v) is 14.9. The second-order valence-electron chi connectivity index (χ2n) is 9.28. The number of thiazole rings is 1. The first-order valence-electron chi connectivity index (χ1n) is 12.5. The van der Waals surface area contributed by atoms with Crippen LogP contribution in [-0.2, 0) is 34.6 Å². The molecular weight excluding hydrogens is 538 g/mol. The molecule has 1 aliphatic rings. The first-order chi connectivity index (χ1) is 18.5. The second kappa shape index (κ2) is 11.3. The van der Waals surface area contributed by atoms with Crippen molar-refractivity contribution >= 4 is 33.3 Å². The minimum Gasteiger partial charge on any atom is -0.466 e. The van der Waals surface area contributed by atoms with E-state index in [0.29, 0.717) is 27.5 Å². The summed E-state index contributed by atoms with van der Waals surface area (Å²) in [4.78, 5) is 31.7. The fraction of sp³-hybridized carbons (Fsp3) is 0.321. The third kappa shape index (κ3) is 5.47. The second-order valence-corrected chi connectivity index (χ2v) is 11.7. The van der Waals surface area contributed by atoms with E-state index >= 15 is 0 Å². The Hall–Kier alpha value is -3.54. The number of aromatic nitrogens is 1. The number of nitrogens with zero attached hydrogens (tertiary/aromatic N) is 1. The first kappa shape index (κ1) is 28.5. The van der Waals surface area contributed by atoms with Crippen molar-refractivity contribution in [2.75, 3.05) is 13.2 Å². The molecule has 3 atom stereocenters. The Labute approximate surface area is 232 Å². The molecule has 0 amide bonds. The van der Waals surface area contributed by atoms with E-state index in [4.69, 9.17) is 19.6 Å². The molecule has 9 nitrogen and oxygen atoms in total. The van der Waals surface area contributed by atoms with Crippen LogP contribution in [-0.4, -0.2) is 38.6 Å². The van der Waals surface area contributed by atoms with Crippen LogP contribution in [0.4, 0.5) is 0 Å². The van der Waals surface area contributed by atoms with Gasteiger partial charge in [-0.2, -0.15) is 0 Å². The van der Waals surface area contributed by atoms with E-state index in [-0.39, 0.29) is 18.1 Å². The predicted molar refractivity (Wildman–Crippen MR) is 148 cm³/mol. The van der Waals surface area contributed by atoms with Gasteiger partial charge in [-0.1, -0.05) is 48.5 Å². The monoisotopic (exact) mass is 569 g/mol. The van der Waals surface area contributed by atoms with Crippen molar-refractivity contribution in [3.05, 3.63) is 81.8 Å². The highest BCUT2D eigenvalue weighted by atomic mass is 32.2. The number of nitrogens with two attached hydrogens (primary N) is 1. The van der Waals surface area contributed by atoms with E-state index in [2.05, 4.69) is 5.32 Å². The summed E-state index contributed by atoms with van der Waals surface area (Å²) in [5.41, 5.74) is 1.28. The predicted octanol–water partition coefficient (Wildman–Crippen LogP) is 4.08. The zero-order chi connectivity index (χ0) is 28.4. The average molecular weight is 570 g/mol. The average Bonchev–Trinajstić information content (AvgIpc) is 3.40. The molecule has 4 rings (SSSR count). The highest BCUT2D eigenvalue weighted by molar-refractivity contribution is 7.89. The lowest BCUT2D eigenvalue weighted by atomic mass is 9.67. The number of allylic oxidation sites excluding steroid dienone is 1. The molecule has 0 bridgehead atoms. The Morgan fingerprint density at radius 2 is 1.69 bits per heavy atom. The maximum absolute atomic E-state index is 13.7. The van der Waals surface area contributed by atoms with Crippen LogP contribution in [0.15, 0.2) is 76.1 Å². The molecule has 0 radical (unpaired) electrons. The fourth-order valence-electron chi connectivity index (χ4n) is 5.13. The van der Waals surface area contributed by atoms with Gasteiger partial charge >= 0.3 is 11.9 Å². The van der Waals surface area contributed by atoms with Gasteiger partial charge in [0.05, 0.1) is 35.3 Å². The van der Waals surface area contributed by atoms with Crippen molar-refractivity contribution in [2.45, 2.75) is 44.0 Å². The quantitative estimate of drug-likeness (QED) is 0.387. The van der Waals surface area contributed by atoms with Gasteiger partial charge in [-0.15, -0.1) is 11.3 Å². The number of benzene rings is 2. The number of primary sulfonamides is 1. The van der Waals surface area contributed by atoms with Crippen molar-refractivity contribution in [3.8, 4) is 11.3 Å². The zero-order valence-electron chi connectivity index (χ0n) is 22.1. The molecule has 3 aromatic rings. The van der Waals surface area contributed by atoms with Crippen LogP contribution in [0.1, 0.15) is 44.2 Å². The summed E-state index contributed by atoms with van der Waals surface area (Å²) >= 11 is 1.27. The van der Waals surface area contributed by atoms with Crippen LogP contribution in [0.25, 0.3) is 11.3 Å². The van der Waals surface area contributed by atoms with E-state index in [0.717, 1.165) is 5.56 Å². The van der Waals surface area contributed by atoms with Gasteiger partial charge in [-0.25, -0.2) is 23.3 Å². The molecule has 3 unspecified atom stereocenters. The Balaban J connectivity index is 1.93. The Morgan fingerprint density at radius 1 is 1.05 bits per heavy atom. The third-order valence-electron chi connectivity index (χ3n) is 6.73. The molecular formula is C28H31N3O6S2. The van der Waals surface area contributed by atoms with Gasteiger partial charge in [0, 0.05) is 22.6 Å². The van der Waals surface area contributed by atoms with Crippen molar-refractivity contribution < 1.29 is 27.5 Å². The van der Waals surface area contributed by atoms with Crippen molar-refractivity contribution in [1.82, 2.24) is 10.3 Å². The minimum atomic E-state index is -4.00. The van der Waals surface area contributed by atoms with Gasteiger partial charge in [0.15, 0.2) is 0 Å². The molecule has 39 heavy (non-hydrogen) atoms. The maximum atomic E-state index is 13.7. The lowest BCUT2D eigenvalue weighted by molar-refractivity contribution is -0.152. The molecule has 2 aromatic carbocycles. The van der Waals surface area contributed by atoms with E-state index in [1.54, 1.807) is 44.4 Å². The third-order valence-corrected chi connectivity index (χ3v) is 8.78. The number of carbonyl (C=O) groups excluding carboxylic acids is 2. The molecule has 1 aromatic heterocycles. The number of sulfonamides is 1. The minimum absolute atomic E-state index is 0.0478. The highest BCUT2D eigenvalue weighted by Gasteiger charge is 2.54. The molecule has 0 aliphatic carbocycles. The lowest BCUT2D eigenvalue weighted by Crippen LogP contribution is -2.55. The molecule has 3 N–H and O–H groups in total. The number of rotatable bonds is 8. The Kier molecular flexibility index (Phi) is 8.24.